The summed E-state index contributed by atoms with van der Waals surface area (Å²) in [6, 6.07) is 0. The SMILES string of the molecule is C=CCS/C=C(\[Si](C)(C)C)P(=O)(OCC)OCC. The molecule has 0 heterocycles. The van der Waals surface area contributed by atoms with Gasteiger partial charge in [0.1, 0.15) is 0 Å². The second kappa shape index (κ2) is 8.38. The Bertz CT molecular complexity index is 327. The van der Waals surface area contributed by atoms with E-state index in [0.717, 1.165) is 10.7 Å². The minimum atomic E-state index is -3.12. The lowest BCUT2D eigenvalue weighted by Crippen LogP contribution is -2.25. The van der Waals surface area contributed by atoms with Crippen LogP contribution in [0.2, 0.25) is 19.6 Å². The minimum Gasteiger partial charge on any atom is -0.306 e. The molecular weight excluding hydrogens is 283 g/mol. The summed E-state index contributed by atoms with van der Waals surface area (Å²) >= 11 is 1.59. The van der Waals surface area contributed by atoms with Crippen LogP contribution in [0.4, 0.5) is 0 Å². The maximum Gasteiger partial charge on any atom is 0.353 e. The molecule has 0 aromatic carbocycles. The maximum absolute atomic E-state index is 12.8. The summed E-state index contributed by atoms with van der Waals surface area (Å²) in [5.74, 6) is 0.798. The van der Waals surface area contributed by atoms with Gasteiger partial charge in [-0.05, 0) is 19.3 Å². The molecule has 0 aromatic heterocycles. The molecule has 0 aliphatic heterocycles. The predicted octanol–water partition coefficient (Wildman–Crippen LogP) is 4.89. The number of hydrogen-bond donors (Lipinski definition) is 0. The molecule has 106 valence electrons. The Hall–Kier alpha value is 0.197. The van der Waals surface area contributed by atoms with Crippen molar-refractivity contribution < 1.29 is 13.6 Å². The zero-order valence-electron chi connectivity index (χ0n) is 12.1. The first-order valence-electron chi connectivity index (χ1n) is 6.14. The molecule has 0 aliphatic rings. The van der Waals surface area contributed by atoms with E-state index >= 15 is 0 Å². The van der Waals surface area contributed by atoms with E-state index in [9.17, 15) is 4.57 Å². The summed E-state index contributed by atoms with van der Waals surface area (Å²) < 4.78 is 23.7. The van der Waals surface area contributed by atoms with Crippen molar-refractivity contribution in [3.8, 4) is 0 Å². The van der Waals surface area contributed by atoms with Gasteiger partial charge in [-0.25, -0.2) is 0 Å². The Morgan fingerprint density at radius 3 is 2.11 bits per heavy atom. The van der Waals surface area contributed by atoms with E-state index in [1.807, 2.05) is 25.3 Å². The van der Waals surface area contributed by atoms with Gasteiger partial charge in [-0.1, -0.05) is 25.7 Å². The summed E-state index contributed by atoms with van der Waals surface area (Å²) in [6.45, 7) is 14.6. The van der Waals surface area contributed by atoms with Gasteiger partial charge in [0.25, 0.3) is 0 Å². The van der Waals surface area contributed by atoms with Crippen molar-refractivity contribution in [1.29, 1.82) is 0 Å². The smallest absolute Gasteiger partial charge is 0.306 e. The maximum atomic E-state index is 12.8. The highest BCUT2D eigenvalue weighted by Gasteiger charge is 2.38. The number of hydrogen-bond acceptors (Lipinski definition) is 4. The van der Waals surface area contributed by atoms with Crippen LogP contribution in [0.3, 0.4) is 0 Å². The molecule has 0 N–H and O–H groups in total. The van der Waals surface area contributed by atoms with Crippen LogP contribution in [0.15, 0.2) is 23.0 Å². The second-order valence-corrected chi connectivity index (χ2v) is 13.1. The normalized spacial score (nSPS) is 13.7. The highest BCUT2D eigenvalue weighted by Crippen LogP contribution is 2.59. The summed E-state index contributed by atoms with van der Waals surface area (Å²) in [4.78, 5) is 0.866. The molecule has 0 rings (SSSR count). The molecule has 0 saturated heterocycles. The average molecular weight is 308 g/mol. The molecule has 6 heteroatoms. The lowest BCUT2D eigenvalue weighted by Gasteiger charge is -2.27. The zero-order chi connectivity index (χ0) is 14.2. The first-order chi connectivity index (χ1) is 8.31. The summed E-state index contributed by atoms with van der Waals surface area (Å²) in [5, 5.41) is 1.96. The molecule has 0 atom stereocenters. The number of rotatable bonds is 9. The third kappa shape index (κ3) is 5.89. The fraction of sp³-hybridized carbons (Fsp3) is 0.667. The molecule has 0 radical (unpaired) electrons. The van der Waals surface area contributed by atoms with Crippen molar-refractivity contribution in [2.45, 2.75) is 33.5 Å². The first kappa shape index (κ1) is 18.2. The molecule has 0 aromatic rings. The largest absolute Gasteiger partial charge is 0.353 e. The van der Waals surface area contributed by atoms with E-state index in [2.05, 4.69) is 26.2 Å². The molecule has 0 fully saturated rings. The lowest BCUT2D eigenvalue weighted by molar-refractivity contribution is 0.227. The monoisotopic (exact) mass is 308 g/mol. The van der Waals surface area contributed by atoms with Crippen molar-refractivity contribution in [2.24, 2.45) is 0 Å². The van der Waals surface area contributed by atoms with Crippen LogP contribution in [-0.2, 0) is 13.6 Å². The summed E-state index contributed by atoms with van der Waals surface area (Å²) in [7, 11) is -4.88. The fourth-order valence-corrected chi connectivity index (χ4v) is 8.86. The molecule has 18 heavy (non-hydrogen) atoms. The quantitative estimate of drug-likeness (QED) is 0.263. The van der Waals surface area contributed by atoms with E-state index in [4.69, 9.17) is 9.05 Å². The van der Waals surface area contributed by atoms with Crippen molar-refractivity contribution >= 4 is 27.4 Å². The van der Waals surface area contributed by atoms with Gasteiger partial charge < -0.3 is 9.05 Å². The Morgan fingerprint density at radius 2 is 1.78 bits per heavy atom. The van der Waals surface area contributed by atoms with Gasteiger partial charge in [0.15, 0.2) is 0 Å². The first-order valence-corrected chi connectivity index (χ1v) is 12.2. The molecule has 0 aliphatic carbocycles. The Morgan fingerprint density at radius 1 is 1.28 bits per heavy atom. The topological polar surface area (TPSA) is 35.5 Å². The van der Waals surface area contributed by atoms with E-state index in [-0.39, 0.29) is 0 Å². The van der Waals surface area contributed by atoms with E-state index in [1.54, 1.807) is 11.8 Å². The Kier molecular flexibility index (Phi) is 8.48. The zero-order valence-corrected chi connectivity index (χ0v) is 14.8. The van der Waals surface area contributed by atoms with Gasteiger partial charge in [0, 0.05) is 10.7 Å². The average Bonchev–Trinajstić information content (AvgIpc) is 2.23. The van der Waals surface area contributed by atoms with Crippen LogP contribution in [0.1, 0.15) is 13.8 Å². The minimum absolute atomic E-state index is 0.394. The molecule has 0 amide bonds. The van der Waals surface area contributed by atoms with Crippen LogP contribution in [0.25, 0.3) is 0 Å². The van der Waals surface area contributed by atoms with E-state index in [0.29, 0.717) is 13.2 Å². The molecular formula is C12H25O3PSSi. The Labute approximate surface area is 117 Å². The summed E-state index contributed by atoms with van der Waals surface area (Å²) in [6.07, 6.45) is 1.83. The lowest BCUT2D eigenvalue weighted by atomic mass is 10.8. The van der Waals surface area contributed by atoms with Gasteiger partial charge in [-0.3, -0.25) is 4.57 Å². The third-order valence-corrected chi connectivity index (χ3v) is 9.72. The molecule has 0 saturated carbocycles. The van der Waals surface area contributed by atoms with Gasteiger partial charge >= 0.3 is 7.60 Å². The molecule has 0 unspecified atom stereocenters. The fourth-order valence-electron chi connectivity index (χ4n) is 1.36. The molecule has 0 spiro atoms. The van der Waals surface area contributed by atoms with Crippen LogP contribution in [-0.4, -0.2) is 27.0 Å². The highest BCUT2D eigenvalue weighted by atomic mass is 32.2. The van der Waals surface area contributed by atoms with Crippen molar-refractivity contribution in [3.05, 3.63) is 23.0 Å². The molecule has 0 bridgehead atoms. The molecule has 3 nitrogen and oxygen atoms in total. The van der Waals surface area contributed by atoms with Crippen molar-refractivity contribution in [3.63, 3.8) is 0 Å². The van der Waals surface area contributed by atoms with Gasteiger partial charge in [0.05, 0.1) is 21.3 Å². The van der Waals surface area contributed by atoms with E-state index < -0.39 is 15.7 Å². The van der Waals surface area contributed by atoms with Crippen molar-refractivity contribution in [2.75, 3.05) is 19.0 Å². The van der Waals surface area contributed by atoms with Crippen LogP contribution < -0.4 is 0 Å². The van der Waals surface area contributed by atoms with Gasteiger partial charge in [0.2, 0.25) is 0 Å². The Balaban J connectivity index is 5.30. The van der Waals surface area contributed by atoms with Gasteiger partial charge in [-0.2, -0.15) is 0 Å². The second-order valence-electron chi connectivity index (χ2n) is 4.71. The third-order valence-electron chi connectivity index (χ3n) is 2.07. The van der Waals surface area contributed by atoms with Crippen molar-refractivity contribution in [1.82, 2.24) is 0 Å². The van der Waals surface area contributed by atoms with Crippen LogP contribution in [0.5, 0.6) is 0 Å². The standard InChI is InChI=1S/C12H25O3PSSi/c1-7-10-17-11-12(18(4,5)6)16(13,14-8-2)15-9-3/h7,11H,1,8-10H2,2-6H3/b12-11-. The van der Waals surface area contributed by atoms with Crippen LogP contribution >= 0.6 is 19.4 Å². The predicted molar refractivity (Wildman–Crippen MR) is 84.9 cm³/mol. The summed E-state index contributed by atoms with van der Waals surface area (Å²) in [5.41, 5.74) is 0. The van der Waals surface area contributed by atoms with Gasteiger partial charge in [-0.15, -0.1) is 18.3 Å². The van der Waals surface area contributed by atoms with Crippen LogP contribution in [0, 0.1) is 0 Å². The number of thioether (sulfide) groups is 1. The highest BCUT2D eigenvalue weighted by molar-refractivity contribution is 8.02. The van der Waals surface area contributed by atoms with E-state index in [1.165, 1.54) is 0 Å².